The van der Waals surface area contributed by atoms with Crippen LogP contribution in [0.15, 0.2) is 48.6 Å². The molecule has 0 amide bonds. The Morgan fingerprint density at radius 2 is 1.73 bits per heavy atom. The summed E-state index contributed by atoms with van der Waals surface area (Å²) >= 11 is 0. The summed E-state index contributed by atoms with van der Waals surface area (Å²) in [7, 11) is 1.52. The first kappa shape index (κ1) is 22.9. The number of esters is 1. The van der Waals surface area contributed by atoms with Crippen molar-refractivity contribution in [3.63, 3.8) is 0 Å². The van der Waals surface area contributed by atoms with Crippen molar-refractivity contribution in [1.29, 1.82) is 0 Å². The van der Waals surface area contributed by atoms with E-state index < -0.39 is 11.8 Å². The summed E-state index contributed by atoms with van der Waals surface area (Å²) in [6, 6.07) is 9.50. The van der Waals surface area contributed by atoms with Crippen LogP contribution in [0.5, 0.6) is 17.2 Å². The van der Waals surface area contributed by atoms with E-state index in [2.05, 4.69) is 11.3 Å². The molecule has 2 rings (SSSR count). The lowest BCUT2D eigenvalue weighted by atomic mass is 10.0. The van der Waals surface area contributed by atoms with Crippen molar-refractivity contribution in [2.24, 2.45) is 0 Å². The third kappa shape index (κ3) is 6.59. The third-order valence-corrected chi connectivity index (χ3v) is 3.82. The fourth-order valence-electron chi connectivity index (χ4n) is 2.37. The molecule has 0 spiro atoms. The molecule has 0 atom stereocenters. The number of benzene rings is 2. The summed E-state index contributed by atoms with van der Waals surface area (Å²) in [5, 5.41) is 0. The van der Waals surface area contributed by atoms with Crippen LogP contribution in [0, 0.1) is 5.82 Å². The molecule has 0 heterocycles. The van der Waals surface area contributed by atoms with E-state index in [-0.39, 0.29) is 43.4 Å². The monoisotopic (exact) mass is 418 g/mol. The molecule has 0 aliphatic rings. The van der Waals surface area contributed by atoms with Crippen LogP contribution in [0.25, 0.3) is 11.1 Å². The Kier molecular flexibility index (Phi) is 8.83. The van der Waals surface area contributed by atoms with Crippen LogP contribution in [0.2, 0.25) is 0 Å². The molecule has 0 bridgehead atoms. The molecule has 0 fully saturated rings. The number of carbonyl (C=O) groups excluding carboxylic acids is 2. The molecule has 2 aromatic carbocycles. The van der Waals surface area contributed by atoms with Crippen molar-refractivity contribution in [2.45, 2.75) is 6.92 Å². The Balaban J connectivity index is 2.25. The standard InChI is InChI=1S/C22H23FO7/c1-15(2)22(25)30-18-6-4-16(5-7-18)17-12-19(23)21(29-11-9-27-14-24)20(13-17)28-10-8-26-3/h4-7,12-14H,1,8-11H2,2-3H3. The summed E-state index contributed by atoms with van der Waals surface area (Å²) in [5.74, 6) is -0.715. The van der Waals surface area contributed by atoms with Gasteiger partial charge in [-0.2, -0.15) is 0 Å². The van der Waals surface area contributed by atoms with E-state index in [9.17, 15) is 14.0 Å². The van der Waals surface area contributed by atoms with Crippen LogP contribution in [0.1, 0.15) is 6.92 Å². The lowest BCUT2D eigenvalue weighted by Gasteiger charge is -2.15. The number of methoxy groups -OCH3 is 1. The van der Waals surface area contributed by atoms with E-state index in [4.69, 9.17) is 18.9 Å². The van der Waals surface area contributed by atoms with Crippen LogP contribution in [0.4, 0.5) is 4.39 Å². The van der Waals surface area contributed by atoms with Gasteiger partial charge in [0, 0.05) is 12.7 Å². The molecular weight excluding hydrogens is 395 g/mol. The first-order valence-electron chi connectivity index (χ1n) is 9.07. The van der Waals surface area contributed by atoms with Crippen molar-refractivity contribution >= 4 is 12.4 Å². The van der Waals surface area contributed by atoms with E-state index in [0.29, 0.717) is 23.5 Å². The fourth-order valence-corrected chi connectivity index (χ4v) is 2.37. The van der Waals surface area contributed by atoms with Crippen LogP contribution in [-0.2, 0) is 19.1 Å². The molecular formula is C22H23FO7. The second kappa shape index (κ2) is 11.6. The second-order valence-electron chi connectivity index (χ2n) is 6.14. The number of hydrogen-bond acceptors (Lipinski definition) is 7. The minimum Gasteiger partial charge on any atom is -0.487 e. The smallest absolute Gasteiger partial charge is 0.338 e. The second-order valence-corrected chi connectivity index (χ2v) is 6.14. The van der Waals surface area contributed by atoms with Gasteiger partial charge >= 0.3 is 5.97 Å². The molecule has 0 unspecified atom stereocenters. The van der Waals surface area contributed by atoms with Gasteiger partial charge in [0.15, 0.2) is 17.3 Å². The number of halogens is 1. The van der Waals surface area contributed by atoms with Gasteiger partial charge in [0.2, 0.25) is 0 Å². The van der Waals surface area contributed by atoms with Gasteiger partial charge in [-0.15, -0.1) is 0 Å². The van der Waals surface area contributed by atoms with E-state index in [1.54, 1.807) is 37.3 Å². The molecule has 8 heteroatoms. The van der Waals surface area contributed by atoms with Crippen molar-refractivity contribution in [3.8, 4) is 28.4 Å². The lowest BCUT2D eigenvalue weighted by Crippen LogP contribution is -2.10. The Morgan fingerprint density at radius 1 is 1.03 bits per heavy atom. The highest BCUT2D eigenvalue weighted by atomic mass is 19.1. The average Bonchev–Trinajstić information content (AvgIpc) is 2.73. The Bertz CT molecular complexity index is 878. The summed E-state index contributed by atoms with van der Waals surface area (Å²) in [4.78, 5) is 21.8. The molecule has 0 radical (unpaired) electrons. The quantitative estimate of drug-likeness (QED) is 0.171. The maximum absolute atomic E-state index is 14.7. The van der Waals surface area contributed by atoms with Crippen LogP contribution in [0.3, 0.4) is 0 Å². The molecule has 160 valence electrons. The lowest BCUT2D eigenvalue weighted by molar-refractivity contribution is -0.130. The Morgan fingerprint density at radius 3 is 2.37 bits per heavy atom. The first-order valence-corrected chi connectivity index (χ1v) is 9.07. The van der Waals surface area contributed by atoms with E-state index >= 15 is 0 Å². The summed E-state index contributed by atoms with van der Waals surface area (Å²) in [5.41, 5.74) is 1.50. The summed E-state index contributed by atoms with van der Waals surface area (Å²) < 4.78 is 40.4. The highest BCUT2D eigenvalue weighted by Gasteiger charge is 2.16. The molecule has 0 N–H and O–H groups in total. The number of ether oxygens (including phenoxy) is 5. The molecule has 0 aliphatic carbocycles. The largest absolute Gasteiger partial charge is 0.487 e. The normalized spacial score (nSPS) is 10.2. The van der Waals surface area contributed by atoms with Gasteiger partial charge in [-0.3, -0.25) is 4.79 Å². The van der Waals surface area contributed by atoms with Crippen molar-refractivity contribution in [2.75, 3.05) is 33.5 Å². The number of rotatable bonds is 12. The van der Waals surface area contributed by atoms with Gasteiger partial charge in [-0.1, -0.05) is 18.7 Å². The summed E-state index contributed by atoms with van der Waals surface area (Å²) in [6.45, 7) is 5.82. The maximum atomic E-state index is 14.7. The third-order valence-electron chi connectivity index (χ3n) is 3.82. The van der Waals surface area contributed by atoms with Gasteiger partial charge in [-0.05, 0) is 42.3 Å². The van der Waals surface area contributed by atoms with Gasteiger partial charge in [0.25, 0.3) is 6.47 Å². The van der Waals surface area contributed by atoms with Crippen LogP contribution < -0.4 is 14.2 Å². The SMILES string of the molecule is C=C(C)C(=O)Oc1ccc(-c2cc(F)c(OCCOC=O)c(OCCOC)c2)cc1. The Labute approximate surface area is 174 Å². The first-order chi connectivity index (χ1) is 14.5. The molecule has 0 aliphatic heterocycles. The minimum atomic E-state index is -0.635. The van der Waals surface area contributed by atoms with E-state index in [1.165, 1.54) is 13.2 Å². The molecule has 0 aromatic heterocycles. The Hall–Kier alpha value is -3.39. The summed E-state index contributed by atoms with van der Waals surface area (Å²) in [6.07, 6.45) is 0. The molecule has 2 aromatic rings. The van der Waals surface area contributed by atoms with Gasteiger partial charge in [-0.25, -0.2) is 9.18 Å². The zero-order valence-electron chi connectivity index (χ0n) is 16.8. The zero-order chi connectivity index (χ0) is 21.9. The topological polar surface area (TPSA) is 80.3 Å². The predicted molar refractivity (Wildman–Crippen MR) is 107 cm³/mol. The van der Waals surface area contributed by atoms with Gasteiger partial charge in [0.05, 0.1) is 6.61 Å². The molecule has 7 nitrogen and oxygen atoms in total. The zero-order valence-corrected chi connectivity index (χ0v) is 16.8. The van der Waals surface area contributed by atoms with Crippen LogP contribution >= 0.6 is 0 Å². The van der Waals surface area contributed by atoms with Gasteiger partial charge < -0.3 is 23.7 Å². The molecule has 30 heavy (non-hydrogen) atoms. The minimum absolute atomic E-state index is 0.0213. The van der Waals surface area contributed by atoms with Crippen molar-refractivity contribution < 1.29 is 37.7 Å². The average molecular weight is 418 g/mol. The van der Waals surface area contributed by atoms with Gasteiger partial charge in [0.1, 0.15) is 25.6 Å². The number of carbonyl (C=O) groups is 2. The molecule has 0 saturated carbocycles. The predicted octanol–water partition coefficient (Wildman–Crippen LogP) is 3.55. The van der Waals surface area contributed by atoms with Crippen molar-refractivity contribution in [1.82, 2.24) is 0 Å². The van der Waals surface area contributed by atoms with E-state index in [1.807, 2.05) is 0 Å². The highest BCUT2D eigenvalue weighted by Crippen LogP contribution is 2.36. The van der Waals surface area contributed by atoms with Crippen molar-refractivity contribution in [3.05, 3.63) is 54.4 Å². The van der Waals surface area contributed by atoms with E-state index in [0.717, 1.165) is 0 Å². The maximum Gasteiger partial charge on any atom is 0.338 e. The number of hydrogen-bond donors (Lipinski definition) is 0. The fraction of sp³-hybridized carbons (Fsp3) is 0.273. The molecule has 0 saturated heterocycles. The highest BCUT2D eigenvalue weighted by molar-refractivity contribution is 5.88. The van der Waals surface area contributed by atoms with Crippen LogP contribution in [-0.4, -0.2) is 46.0 Å².